The molecule has 1 aliphatic rings. The Balaban J connectivity index is 2.58. The lowest BCUT2D eigenvalue weighted by molar-refractivity contribution is -0.183. The van der Waals surface area contributed by atoms with Crippen LogP contribution in [-0.2, 0) is 5.41 Å². The SMILES string of the molecule is Fc1c(Cl)cc(C2(C(F)(F)F)CC=NC2)cc1Cl. The Labute approximate surface area is 110 Å². The highest BCUT2D eigenvalue weighted by Gasteiger charge is 2.56. The van der Waals surface area contributed by atoms with Gasteiger partial charge in [-0.3, -0.25) is 4.99 Å². The molecule has 0 aliphatic carbocycles. The van der Waals surface area contributed by atoms with E-state index in [0.717, 1.165) is 12.1 Å². The molecule has 0 aromatic heterocycles. The maximum Gasteiger partial charge on any atom is 0.400 e. The molecule has 0 amide bonds. The van der Waals surface area contributed by atoms with Crippen molar-refractivity contribution in [2.24, 2.45) is 4.99 Å². The van der Waals surface area contributed by atoms with Crippen molar-refractivity contribution in [3.8, 4) is 0 Å². The van der Waals surface area contributed by atoms with E-state index in [9.17, 15) is 17.6 Å². The maximum absolute atomic E-state index is 13.2. The first kappa shape index (κ1) is 13.6. The molecule has 0 N–H and O–H groups in total. The number of alkyl halides is 3. The number of nitrogens with zero attached hydrogens (tertiary/aromatic N) is 1. The fourth-order valence-electron chi connectivity index (χ4n) is 1.92. The molecule has 98 valence electrons. The van der Waals surface area contributed by atoms with Gasteiger partial charge in [0.2, 0.25) is 0 Å². The van der Waals surface area contributed by atoms with Gasteiger partial charge in [0.15, 0.2) is 5.82 Å². The van der Waals surface area contributed by atoms with E-state index in [4.69, 9.17) is 23.2 Å². The van der Waals surface area contributed by atoms with E-state index in [1.165, 1.54) is 6.21 Å². The maximum atomic E-state index is 13.2. The Hall–Kier alpha value is -0.810. The zero-order chi connectivity index (χ0) is 13.6. The number of hydrogen-bond acceptors (Lipinski definition) is 1. The third-order valence-corrected chi connectivity index (χ3v) is 3.56. The number of aliphatic imine (C=N–C) groups is 1. The molecule has 0 fully saturated rings. The molecule has 0 saturated carbocycles. The second-order valence-corrected chi connectivity index (χ2v) is 4.88. The Morgan fingerprint density at radius 2 is 1.72 bits per heavy atom. The van der Waals surface area contributed by atoms with Gasteiger partial charge in [0.1, 0.15) is 5.41 Å². The topological polar surface area (TPSA) is 12.4 Å². The van der Waals surface area contributed by atoms with Crippen LogP contribution in [0.2, 0.25) is 10.0 Å². The van der Waals surface area contributed by atoms with Crippen LogP contribution in [0.3, 0.4) is 0 Å². The predicted octanol–water partition coefficient (Wildman–Crippen LogP) is 4.41. The largest absolute Gasteiger partial charge is 0.400 e. The first-order valence-corrected chi connectivity index (χ1v) is 5.73. The Bertz CT molecular complexity index is 479. The van der Waals surface area contributed by atoms with Crippen molar-refractivity contribution in [3.63, 3.8) is 0 Å². The van der Waals surface area contributed by atoms with Crippen LogP contribution in [0.25, 0.3) is 0 Å². The van der Waals surface area contributed by atoms with Gasteiger partial charge in [0.05, 0.1) is 16.6 Å². The highest BCUT2D eigenvalue weighted by molar-refractivity contribution is 6.35. The Morgan fingerprint density at radius 3 is 2.11 bits per heavy atom. The van der Waals surface area contributed by atoms with E-state index in [2.05, 4.69) is 4.99 Å². The third kappa shape index (κ3) is 1.99. The van der Waals surface area contributed by atoms with Crippen molar-refractivity contribution >= 4 is 29.4 Å². The number of halogens is 6. The van der Waals surface area contributed by atoms with E-state index < -0.39 is 34.0 Å². The average molecular weight is 300 g/mol. The summed E-state index contributed by atoms with van der Waals surface area (Å²) in [4.78, 5) is 3.64. The van der Waals surface area contributed by atoms with Crippen molar-refractivity contribution in [2.45, 2.75) is 18.0 Å². The molecule has 0 radical (unpaired) electrons. The van der Waals surface area contributed by atoms with Crippen molar-refractivity contribution in [1.82, 2.24) is 0 Å². The molecule has 18 heavy (non-hydrogen) atoms. The van der Waals surface area contributed by atoms with E-state index in [-0.39, 0.29) is 12.0 Å². The van der Waals surface area contributed by atoms with Crippen LogP contribution < -0.4 is 0 Å². The van der Waals surface area contributed by atoms with Crippen LogP contribution in [0.5, 0.6) is 0 Å². The van der Waals surface area contributed by atoms with Gasteiger partial charge in [0.25, 0.3) is 0 Å². The van der Waals surface area contributed by atoms with Crippen molar-refractivity contribution < 1.29 is 17.6 Å². The molecular weight excluding hydrogens is 293 g/mol. The van der Waals surface area contributed by atoms with Crippen LogP contribution in [0.4, 0.5) is 17.6 Å². The fraction of sp³-hybridized carbons (Fsp3) is 0.364. The minimum atomic E-state index is -4.51. The lowest BCUT2D eigenvalue weighted by Crippen LogP contribution is -2.43. The molecule has 0 spiro atoms. The van der Waals surface area contributed by atoms with Gasteiger partial charge in [-0.25, -0.2) is 4.39 Å². The highest BCUT2D eigenvalue weighted by Crippen LogP contribution is 2.47. The smallest absolute Gasteiger partial charge is 0.296 e. The van der Waals surface area contributed by atoms with Crippen molar-refractivity contribution in [1.29, 1.82) is 0 Å². The number of hydrogen-bond donors (Lipinski definition) is 0. The third-order valence-electron chi connectivity index (χ3n) is 3.01. The predicted molar refractivity (Wildman–Crippen MR) is 62.1 cm³/mol. The second-order valence-electron chi connectivity index (χ2n) is 4.06. The molecule has 1 aromatic rings. The molecular formula is C11H7Cl2F4N. The molecule has 1 heterocycles. The van der Waals surface area contributed by atoms with Crippen LogP contribution in [0.15, 0.2) is 17.1 Å². The zero-order valence-electron chi connectivity index (χ0n) is 8.86. The van der Waals surface area contributed by atoms with Gasteiger partial charge in [-0.2, -0.15) is 13.2 Å². The summed E-state index contributed by atoms with van der Waals surface area (Å²) in [5.41, 5.74) is -2.32. The number of benzene rings is 1. The van der Waals surface area contributed by atoms with Gasteiger partial charge in [-0.15, -0.1) is 0 Å². The van der Waals surface area contributed by atoms with Gasteiger partial charge in [-0.05, 0) is 17.7 Å². The van der Waals surface area contributed by atoms with Gasteiger partial charge in [0, 0.05) is 12.6 Å². The molecule has 7 heteroatoms. The lowest BCUT2D eigenvalue weighted by atomic mass is 9.78. The van der Waals surface area contributed by atoms with Gasteiger partial charge in [-0.1, -0.05) is 23.2 Å². The monoisotopic (exact) mass is 299 g/mol. The minimum Gasteiger partial charge on any atom is -0.296 e. The molecule has 1 aliphatic heterocycles. The normalized spacial score (nSPS) is 23.7. The van der Waals surface area contributed by atoms with Gasteiger partial charge < -0.3 is 0 Å². The van der Waals surface area contributed by atoms with E-state index in [0.29, 0.717) is 0 Å². The van der Waals surface area contributed by atoms with Crippen LogP contribution in [-0.4, -0.2) is 18.9 Å². The standard InChI is InChI=1S/C11H7Cl2F4N/c12-7-3-6(4-8(13)9(7)14)10(11(15,16)17)1-2-18-5-10/h2-4H,1,5H2. The fourth-order valence-corrected chi connectivity index (χ4v) is 2.40. The second kappa shape index (κ2) is 4.38. The molecule has 1 atom stereocenters. The van der Waals surface area contributed by atoms with Gasteiger partial charge >= 0.3 is 6.18 Å². The van der Waals surface area contributed by atoms with E-state index in [1.807, 2.05) is 0 Å². The molecule has 0 bridgehead atoms. The molecule has 1 unspecified atom stereocenters. The summed E-state index contributed by atoms with van der Waals surface area (Å²) in [5, 5.41) is -0.846. The van der Waals surface area contributed by atoms with Crippen LogP contribution >= 0.6 is 23.2 Å². The summed E-state index contributed by atoms with van der Waals surface area (Å²) >= 11 is 11.1. The molecule has 1 nitrogen and oxygen atoms in total. The summed E-state index contributed by atoms with van der Waals surface area (Å²) in [7, 11) is 0. The zero-order valence-corrected chi connectivity index (χ0v) is 10.4. The summed E-state index contributed by atoms with van der Waals surface area (Å²) < 4.78 is 52.9. The van der Waals surface area contributed by atoms with Crippen molar-refractivity contribution in [2.75, 3.05) is 6.54 Å². The number of rotatable bonds is 1. The molecule has 2 rings (SSSR count). The molecule has 1 aromatic carbocycles. The molecule has 0 saturated heterocycles. The highest BCUT2D eigenvalue weighted by atomic mass is 35.5. The average Bonchev–Trinajstić information content (AvgIpc) is 2.74. The van der Waals surface area contributed by atoms with Crippen LogP contribution in [0, 0.1) is 5.82 Å². The van der Waals surface area contributed by atoms with E-state index in [1.54, 1.807) is 0 Å². The van der Waals surface area contributed by atoms with E-state index >= 15 is 0 Å². The summed E-state index contributed by atoms with van der Waals surface area (Å²) in [6.45, 7) is -0.436. The minimum absolute atomic E-state index is 0.163. The summed E-state index contributed by atoms with van der Waals surface area (Å²) in [6, 6.07) is 1.93. The van der Waals surface area contributed by atoms with Crippen molar-refractivity contribution in [3.05, 3.63) is 33.6 Å². The first-order chi connectivity index (χ1) is 8.28. The lowest BCUT2D eigenvalue weighted by Gasteiger charge is -2.31. The Morgan fingerprint density at radius 1 is 1.17 bits per heavy atom. The summed E-state index contributed by atoms with van der Waals surface area (Å²) in [5.74, 6) is -0.918. The van der Waals surface area contributed by atoms with Crippen LogP contribution in [0.1, 0.15) is 12.0 Å². The Kier molecular flexibility index (Phi) is 3.32. The quantitative estimate of drug-likeness (QED) is 0.538. The summed E-state index contributed by atoms with van der Waals surface area (Å²) in [6.07, 6.45) is -3.60. The first-order valence-electron chi connectivity index (χ1n) is 4.98.